The highest BCUT2D eigenvalue weighted by molar-refractivity contribution is 7.93. The SMILES string of the molecule is CCN(c1cccc(N)c1)S(=O)(=O)c1ccccc1Cl. The smallest absolute Gasteiger partial charge is 0.265 e. The minimum atomic E-state index is -3.71. The molecule has 0 radical (unpaired) electrons. The zero-order valence-corrected chi connectivity index (χ0v) is 12.5. The summed E-state index contributed by atoms with van der Waals surface area (Å²) in [6, 6.07) is 13.1. The van der Waals surface area contributed by atoms with Crippen molar-refractivity contribution in [2.75, 3.05) is 16.6 Å². The summed E-state index contributed by atoms with van der Waals surface area (Å²) in [6.45, 7) is 2.05. The lowest BCUT2D eigenvalue weighted by Gasteiger charge is -2.23. The predicted octanol–water partition coefficient (Wildman–Crippen LogP) is 3.14. The molecule has 6 heteroatoms. The van der Waals surface area contributed by atoms with Crippen LogP contribution in [0, 0.1) is 0 Å². The van der Waals surface area contributed by atoms with Crippen LogP contribution in [0.15, 0.2) is 53.4 Å². The standard InChI is InChI=1S/C14H15ClN2O2S/c1-2-17(12-7-5-6-11(16)10-12)20(18,19)14-9-4-3-8-13(14)15/h3-10H,2,16H2,1H3. The number of sulfonamides is 1. The number of hydrogen-bond acceptors (Lipinski definition) is 3. The third-order valence-electron chi connectivity index (χ3n) is 2.85. The molecule has 4 nitrogen and oxygen atoms in total. The Morgan fingerprint density at radius 1 is 1.15 bits per heavy atom. The summed E-state index contributed by atoms with van der Waals surface area (Å²) < 4.78 is 26.7. The maximum absolute atomic E-state index is 12.7. The van der Waals surface area contributed by atoms with Crippen LogP contribution in [0.2, 0.25) is 5.02 Å². The van der Waals surface area contributed by atoms with Crippen molar-refractivity contribution in [2.45, 2.75) is 11.8 Å². The molecule has 0 bridgehead atoms. The molecule has 2 aromatic carbocycles. The molecule has 2 rings (SSSR count). The van der Waals surface area contributed by atoms with Crippen LogP contribution >= 0.6 is 11.6 Å². The molecule has 0 fully saturated rings. The molecule has 20 heavy (non-hydrogen) atoms. The molecule has 106 valence electrons. The molecule has 0 spiro atoms. The van der Waals surface area contributed by atoms with Crippen molar-refractivity contribution in [3.05, 3.63) is 53.6 Å². The van der Waals surface area contributed by atoms with Gasteiger partial charge in [-0.3, -0.25) is 4.31 Å². The van der Waals surface area contributed by atoms with Gasteiger partial charge in [-0.15, -0.1) is 0 Å². The van der Waals surface area contributed by atoms with Crippen LogP contribution < -0.4 is 10.0 Å². The first-order chi connectivity index (χ1) is 9.46. The van der Waals surface area contributed by atoms with Crippen LogP contribution in [0.5, 0.6) is 0 Å². The summed E-state index contributed by atoms with van der Waals surface area (Å²) in [5, 5.41) is 0.204. The average molecular weight is 311 g/mol. The largest absolute Gasteiger partial charge is 0.399 e. The first kappa shape index (κ1) is 14.7. The normalized spacial score (nSPS) is 11.3. The van der Waals surface area contributed by atoms with Gasteiger partial charge >= 0.3 is 0 Å². The van der Waals surface area contributed by atoms with E-state index in [9.17, 15) is 8.42 Å². The highest BCUT2D eigenvalue weighted by Gasteiger charge is 2.25. The van der Waals surface area contributed by atoms with Crippen molar-refractivity contribution in [3.8, 4) is 0 Å². The van der Waals surface area contributed by atoms with Gasteiger partial charge in [0.15, 0.2) is 0 Å². The molecule has 0 saturated heterocycles. The van der Waals surface area contributed by atoms with E-state index in [4.69, 9.17) is 17.3 Å². The van der Waals surface area contributed by atoms with Gasteiger partial charge in [0.2, 0.25) is 0 Å². The summed E-state index contributed by atoms with van der Waals surface area (Å²) in [4.78, 5) is 0.0888. The minimum absolute atomic E-state index is 0.0888. The quantitative estimate of drug-likeness (QED) is 0.882. The second kappa shape index (κ2) is 5.73. The minimum Gasteiger partial charge on any atom is -0.399 e. The second-order valence-corrected chi connectivity index (χ2v) is 6.43. The molecular weight excluding hydrogens is 296 g/mol. The maximum Gasteiger partial charge on any atom is 0.265 e. The van der Waals surface area contributed by atoms with E-state index in [2.05, 4.69) is 0 Å². The van der Waals surface area contributed by atoms with E-state index < -0.39 is 10.0 Å². The Labute approximate surface area is 123 Å². The van der Waals surface area contributed by atoms with Crippen LogP contribution in [0.3, 0.4) is 0 Å². The molecule has 0 aliphatic heterocycles. The van der Waals surface area contributed by atoms with E-state index in [-0.39, 0.29) is 16.5 Å². The summed E-state index contributed by atoms with van der Waals surface area (Å²) >= 11 is 6.00. The molecular formula is C14H15ClN2O2S. The average Bonchev–Trinajstić information content (AvgIpc) is 2.39. The van der Waals surface area contributed by atoms with Gasteiger partial charge in [-0.2, -0.15) is 0 Å². The van der Waals surface area contributed by atoms with Crippen LogP contribution in [0.4, 0.5) is 11.4 Å². The highest BCUT2D eigenvalue weighted by Crippen LogP contribution is 2.28. The Balaban J connectivity index is 2.54. The molecule has 2 N–H and O–H groups in total. The van der Waals surface area contributed by atoms with Crippen molar-refractivity contribution in [1.82, 2.24) is 0 Å². The fourth-order valence-electron chi connectivity index (χ4n) is 1.94. The Morgan fingerprint density at radius 2 is 1.85 bits per heavy atom. The predicted molar refractivity (Wildman–Crippen MR) is 82.5 cm³/mol. The van der Waals surface area contributed by atoms with Crippen LogP contribution in [-0.2, 0) is 10.0 Å². The van der Waals surface area contributed by atoms with E-state index in [1.807, 2.05) is 0 Å². The van der Waals surface area contributed by atoms with E-state index >= 15 is 0 Å². The summed E-state index contributed by atoms with van der Waals surface area (Å²) in [7, 11) is -3.71. The molecule has 0 aliphatic carbocycles. The maximum atomic E-state index is 12.7. The number of nitrogens with two attached hydrogens (primary N) is 1. The van der Waals surface area contributed by atoms with Crippen molar-refractivity contribution >= 4 is 33.0 Å². The Morgan fingerprint density at radius 3 is 2.45 bits per heavy atom. The third-order valence-corrected chi connectivity index (χ3v) is 5.25. The Kier molecular flexibility index (Phi) is 4.20. The van der Waals surface area contributed by atoms with Crippen molar-refractivity contribution in [2.24, 2.45) is 0 Å². The monoisotopic (exact) mass is 310 g/mol. The molecule has 0 unspecified atom stereocenters. The van der Waals surface area contributed by atoms with Gasteiger partial charge in [-0.05, 0) is 37.3 Å². The molecule has 0 atom stereocenters. The van der Waals surface area contributed by atoms with Gasteiger partial charge in [0.25, 0.3) is 10.0 Å². The molecule has 2 aromatic rings. The molecule has 0 heterocycles. The van der Waals surface area contributed by atoms with Gasteiger partial charge in [0.1, 0.15) is 4.90 Å². The number of rotatable bonds is 4. The number of benzene rings is 2. The fourth-order valence-corrected chi connectivity index (χ4v) is 3.91. The third kappa shape index (κ3) is 2.73. The molecule has 0 saturated carbocycles. The fraction of sp³-hybridized carbons (Fsp3) is 0.143. The topological polar surface area (TPSA) is 63.4 Å². The van der Waals surface area contributed by atoms with Crippen molar-refractivity contribution in [3.63, 3.8) is 0 Å². The van der Waals surface area contributed by atoms with E-state index in [1.54, 1.807) is 49.4 Å². The number of nitrogen functional groups attached to an aromatic ring is 1. The zero-order chi connectivity index (χ0) is 14.8. The van der Waals surface area contributed by atoms with Crippen LogP contribution in [0.25, 0.3) is 0 Å². The number of anilines is 2. The zero-order valence-electron chi connectivity index (χ0n) is 11.0. The van der Waals surface area contributed by atoms with Gasteiger partial charge in [-0.25, -0.2) is 8.42 Å². The Bertz CT molecular complexity index is 717. The van der Waals surface area contributed by atoms with Crippen molar-refractivity contribution in [1.29, 1.82) is 0 Å². The van der Waals surface area contributed by atoms with E-state index in [0.717, 1.165) is 0 Å². The van der Waals surface area contributed by atoms with Crippen molar-refractivity contribution < 1.29 is 8.42 Å². The number of nitrogens with zero attached hydrogens (tertiary/aromatic N) is 1. The second-order valence-electron chi connectivity index (χ2n) is 4.20. The lowest BCUT2D eigenvalue weighted by Crippen LogP contribution is -2.31. The summed E-state index contributed by atoms with van der Waals surface area (Å²) in [5.74, 6) is 0. The summed E-state index contributed by atoms with van der Waals surface area (Å²) in [5.41, 5.74) is 6.75. The van der Waals surface area contributed by atoms with Crippen LogP contribution in [-0.4, -0.2) is 15.0 Å². The van der Waals surface area contributed by atoms with E-state index in [1.165, 1.54) is 10.4 Å². The number of halogens is 1. The van der Waals surface area contributed by atoms with Crippen LogP contribution in [0.1, 0.15) is 6.92 Å². The van der Waals surface area contributed by atoms with Gasteiger partial charge in [0.05, 0.1) is 10.7 Å². The first-order valence-electron chi connectivity index (χ1n) is 6.09. The van der Waals surface area contributed by atoms with Gasteiger partial charge in [0, 0.05) is 12.2 Å². The summed E-state index contributed by atoms with van der Waals surface area (Å²) in [6.07, 6.45) is 0. The number of hydrogen-bond donors (Lipinski definition) is 1. The molecule has 0 aliphatic rings. The van der Waals surface area contributed by atoms with Gasteiger partial charge in [-0.1, -0.05) is 29.8 Å². The lowest BCUT2D eigenvalue weighted by atomic mass is 10.3. The first-order valence-corrected chi connectivity index (χ1v) is 7.91. The highest BCUT2D eigenvalue weighted by atomic mass is 35.5. The molecule has 0 aromatic heterocycles. The lowest BCUT2D eigenvalue weighted by molar-refractivity contribution is 0.592. The molecule has 0 amide bonds. The van der Waals surface area contributed by atoms with E-state index in [0.29, 0.717) is 11.4 Å². The Hall–Kier alpha value is -1.72. The van der Waals surface area contributed by atoms with Gasteiger partial charge < -0.3 is 5.73 Å².